The summed E-state index contributed by atoms with van der Waals surface area (Å²) in [5.74, 6) is -0.0977. The highest BCUT2D eigenvalue weighted by Gasteiger charge is 2.34. The topological polar surface area (TPSA) is 59.0 Å². The third kappa shape index (κ3) is 3.79. The van der Waals surface area contributed by atoms with Crippen LogP contribution in [0.2, 0.25) is 0 Å². The molecule has 0 aliphatic carbocycles. The van der Waals surface area contributed by atoms with Crippen LogP contribution in [0.15, 0.2) is 30.3 Å². The van der Waals surface area contributed by atoms with Gasteiger partial charge in [0, 0.05) is 13.7 Å². The monoisotopic (exact) mass is 279 g/mol. The summed E-state index contributed by atoms with van der Waals surface area (Å²) >= 11 is 0. The maximum Gasteiger partial charge on any atom is 0.249 e. The summed E-state index contributed by atoms with van der Waals surface area (Å²) < 4.78 is 10.7. The molecule has 1 aliphatic rings. The molecule has 1 aliphatic heterocycles. The number of amides is 1. The maximum absolute atomic E-state index is 12.1. The Balaban J connectivity index is 1.79. The molecule has 2 atom stereocenters. The predicted octanol–water partition coefficient (Wildman–Crippen LogP) is 0.811. The highest BCUT2D eigenvalue weighted by molar-refractivity contribution is 5.78. The van der Waals surface area contributed by atoms with Gasteiger partial charge in [-0.05, 0) is 12.0 Å². The van der Waals surface area contributed by atoms with Gasteiger partial charge in [0.15, 0.2) is 0 Å². The molecule has 110 valence electrons. The first-order valence-corrected chi connectivity index (χ1v) is 6.79. The standard InChI is InChI=1S/C15H21NO4/c1-19-14-7-13(9-17)16(8-14)15(18)11-20-10-12-5-3-2-4-6-12/h2-6,13-14,17H,7-11H2,1H3/t13-,14-/m0/s1. The van der Waals surface area contributed by atoms with E-state index in [1.165, 1.54) is 0 Å². The molecule has 1 aromatic rings. The van der Waals surface area contributed by atoms with Gasteiger partial charge >= 0.3 is 0 Å². The summed E-state index contributed by atoms with van der Waals surface area (Å²) in [4.78, 5) is 13.8. The van der Waals surface area contributed by atoms with Crippen LogP contribution in [0.4, 0.5) is 0 Å². The van der Waals surface area contributed by atoms with Crippen molar-refractivity contribution in [3.05, 3.63) is 35.9 Å². The number of aliphatic hydroxyl groups excluding tert-OH is 1. The summed E-state index contributed by atoms with van der Waals surface area (Å²) in [5.41, 5.74) is 1.04. The van der Waals surface area contributed by atoms with Crippen LogP contribution in [0.3, 0.4) is 0 Å². The molecule has 1 N–H and O–H groups in total. The third-order valence-corrected chi connectivity index (χ3v) is 3.58. The van der Waals surface area contributed by atoms with Crippen LogP contribution < -0.4 is 0 Å². The molecule has 0 aromatic heterocycles. The number of hydrogen-bond donors (Lipinski definition) is 1. The fraction of sp³-hybridized carbons (Fsp3) is 0.533. The minimum atomic E-state index is -0.159. The van der Waals surface area contributed by atoms with Crippen LogP contribution in [-0.4, -0.2) is 54.9 Å². The first kappa shape index (κ1) is 15.0. The quantitative estimate of drug-likeness (QED) is 0.837. The zero-order valence-corrected chi connectivity index (χ0v) is 11.7. The highest BCUT2D eigenvalue weighted by atomic mass is 16.5. The molecule has 0 spiro atoms. The Labute approximate surface area is 119 Å². The molecule has 0 saturated carbocycles. The smallest absolute Gasteiger partial charge is 0.249 e. The molecular weight excluding hydrogens is 258 g/mol. The Bertz CT molecular complexity index is 423. The second kappa shape index (κ2) is 7.38. The lowest BCUT2D eigenvalue weighted by Crippen LogP contribution is -2.40. The van der Waals surface area contributed by atoms with Crippen LogP contribution in [0.1, 0.15) is 12.0 Å². The number of nitrogens with zero attached hydrogens (tertiary/aromatic N) is 1. The lowest BCUT2D eigenvalue weighted by atomic mass is 10.2. The van der Waals surface area contributed by atoms with Crippen molar-refractivity contribution in [1.29, 1.82) is 0 Å². The average Bonchev–Trinajstić information content (AvgIpc) is 2.91. The highest BCUT2D eigenvalue weighted by Crippen LogP contribution is 2.19. The van der Waals surface area contributed by atoms with Crippen molar-refractivity contribution in [3.63, 3.8) is 0 Å². The Kier molecular flexibility index (Phi) is 5.52. The Hall–Kier alpha value is -1.43. The molecule has 20 heavy (non-hydrogen) atoms. The first-order chi connectivity index (χ1) is 9.74. The number of hydrogen-bond acceptors (Lipinski definition) is 4. The van der Waals surface area contributed by atoms with Gasteiger partial charge < -0.3 is 19.5 Å². The summed E-state index contributed by atoms with van der Waals surface area (Å²) in [6, 6.07) is 9.57. The van der Waals surface area contributed by atoms with Crippen LogP contribution in [0, 0.1) is 0 Å². The van der Waals surface area contributed by atoms with Crippen molar-refractivity contribution < 1.29 is 19.4 Å². The number of ether oxygens (including phenoxy) is 2. The Morgan fingerprint density at radius 1 is 1.40 bits per heavy atom. The van der Waals surface area contributed by atoms with E-state index in [9.17, 15) is 9.90 Å². The molecule has 1 saturated heterocycles. The van der Waals surface area contributed by atoms with E-state index in [-0.39, 0.29) is 31.3 Å². The van der Waals surface area contributed by atoms with E-state index in [1.54, 1.807) is 12.0 Å². The number of likely N-dealkylation sites (tertiary alicyclic amines) is 1. The number of methoxy groups -OCH3 is 1. The number of carbonyl (C=O) groups excluding carboxylic acids is 1. The number of carbonyl (C=O) groups is 1. The van der Waals surface area contributed by atoms with Crippen molar-refractivity contribution in [2.45, 2.75) is 25.2 Å². The van der Waals surface area contributed by atoms with Crippen LogP contribution in [0.5, 0.6) is 0 Å². The van der Waals surface area contributed by atoms with Gasteiger partial charge in [-0.2, -0.15) is 0 Å². The molecule has 1 aromatic carbocycles. The van der Waals surface area contributed by atoms with E-state index in [4.69, 9.17) is 9.47 Å². The van der Waals surface area contributed by atoms with E-state index in [0.717, 1.165) is 5.56 Å². The molecule has 1 amide bonds. The molecule has 0 radical (unpaired) electrons. The van der Waals surface area contributed by atoms with Crippen LogP contribution in [0.25, 0.3) is 0 Å². The molecule has 2 rings (SSSR count). The van der Waals surface area contributed by atoms with Crippen molar-refractivity contribution in [2.24, 2.45) is 0 Å². The number of rotatable bonds is 6. The fourth-order valence-electron chi connectivity index (χ4n) is 2.44. The minimum Gasteiger partial charge on any atom is -0.394 e. The summed E-state index contributed by atoms with van der Waals surface area (Å²) in [6.45, 7) is 0.930. The summed E-state index contributed by atoms with van der Waals surface area (Å²) in [7, 11) is 1.62. The zero-order valence-electron chi connectivity index (χ0n) is 11.7. The van der Waals surface area contributed by atoms with E-state index < -0.39 is 0 Å². The second-order valence-corrected chi connectivity index (χ2v) is 4.95. The van der Waals surface area contributed by atoms with Crippen molar-refractivity contribution in [1.82, 2.24) is 4.90 Å². The van der Waals surface area contributed by atoms with Gasteiger partial charge in [0.1, 0.15) is 6.61 Å². The largest absolute Gasteiger partial charge is 0.394 e. The predicted molar refractivity (Wildman–Crippen MR) is 74.1 cm³/mol. The van der Waals surface area contributed by atoms with Crippen LogP contribution >= 0.6 is 0 Å². The van der Waals surface area contributed by atoms with Crippen LogP contribution in [-0.2, 0) is 20.9 Å². The summed E-state index contributed by atoms with van der Waals surface area (Å²) in [5, 5.41) is 9.31. The minimum absolute atomic E-state index is 0.00484. The van der Waals surface area contributed by atoms with Crippen molar-refractivity contribution in [2.75, 3.05) is 26.9 Å². The molecule has 0 unspecified atom stereocenters. The molecule has 5 nitrogen and oxygen atoms in total. The van der Waals surface area contributed by atoms with Crippen molar-refractivity contribution in [3.8, 4) is 0 Å². The lowest BCUT2D eigenvalue weighted by molar-refractivity contribution is -0.138. The van der Waals surface area contributed by atoms with E-state index in [2.05, 4.69) is 0 Å². The molecular formula is C15H21NO4. The second-order valence-electron chi connectivity index (χ2n) is 4.95. The first-order valence-electron chi connectivity index (χ1n) is 6.79. The average molecular weight is 279 g/mol. The van der Waals surface area contributed by atoms with Gasteiger partial charge in [-0.1, -0.05) is 30.3 Å². The Morgan fingerprint density at radius 3 is 2.80 bits per heavy atom. The maximum atomic E-state index is 12.1. The molecule has 1 fully saturated rings. The van der Waals surface area contributed by atoms with E-state index in [1.807, 2.05) is 30.3 Å². The molecule has 5 heteroatoms. The Morgan fingerprint density at radius 2 is 2.15 bits per heavy atom. The zero-order chi connectivity index (χ0) is 14.4. The number of aliphatic hydroxyl groups is 1. The van der Waals surface area contributed by atoms with Crippen molar-refractivity contribution >= 4 is 5.91 Å². The summed E-state index contributed by atoms with van der Waals surface area (Å²) in [6.07, 6.45) is 0.683. The molecule has 1 heterocycles. The normalized spacial score (nSPS) is 22.2. The van der Waals surface area contributed by atoms with Gasteiger partial charge in [0.05, 0.1) is 25.4 Å². The van der Waals surface area contributed by atoms with E-state index in [0.29, 0.717) is 19.6 Å². The van der Waals surface area contributed by atoms with Gasteiger partial charge in [-0.3, -0.25) is 4.79 Å². The van der Waals surface area contributed by atoms with Gasteiger partial charge in [-0.15, -0.1) is 0 Å². The van der Waals surface area contributed by atoms with Gasteiger partial charge in [0.25, 0.3) is 0 Å². The number of benzene rings is 1. The van der Waals surface area contributed by atoms with Gasteiger partial charge in [-0.25, -0.2) is 0 Å². The third-order valence-electron chi connectivity index (χ3n) is 3.58. The lowest BCUT2D eigenvalue weighted by Gasteiger charge is -2.22. The SMILES string of the molecule is CO[C@H]1C[C@@H](CO)N(C(=O)COCc2ccccc2)C1. The van der Waals surface area contributed by atoms with E-state index >= 15 is 0 Å². The van der Waals surface area contributed by atoms with Gasteiger partial charge in [0.2, 0.25) is 5.91 Å². The molecule has 0 bridgehead atoms. The fourth-order valence-corrected chi connectivity index (χ4v) is 2.44.